The SMILES string of the molecule is Cc1ccc(SCC(=O)NC(CC(=O)O)C(=O)O)cc1. The van der Waals surface area contributed by atoms with Crippen LogP contribution in [-0.4, -0.2) is 39.9 Å². The lowest BCUT2D eigenvalue weighted by Crippen LogP contribution is -2.43. The Kier molecular flexibility index (Phi) is 6.05. The van der Waals surface area contributed by atoms with Gasteiger partial charge in [-0.1, -0.05) is 17.7 Å². The highest BCUT2D eigenvalue weighted by Gasteiger charge is 2.22. The fourth-order valence-corrected chi connectivity index (χ4v) is 2.10. The lowest BCUT2D eigenvalue weighted by atomic mass is 10.2. The molecule has 0 bridgehead atoms. The summed E-state index contributed by atoms with van der Waals surface area (Å²) in [4.78, 5) is 33.8. The maximum atomic E-state index is 11.6. The Morgan fingerprint density at radius 3 is 2.30 bits per heavy atom. The van der Waals surface area contributed by atoms with Gasteiger partial charge in [-0.2, -0.15) is 0 Å². The zero-order valence-corrected chi connectivity index (χ0v) is 11.6. The molecule has 108 valence electrons. The van der Waals surface area contributed by atoms with Crippen molar-refractivity contribution in [1.29, 1.82) is 0 Å². The number of carboxylic acid groups (broad SMARTS) is 2. The molecular weight excluding hydrogens is 282 g/mol. The number of carbonyl (C=O) groups is 3. The summed E-state index contributed by atoms with van der Waals surface area (Å²) < 4.78 is 0. The highest BCUT2D eigenvalue weighted by atomic mass is 32.2. The summed E-state index contributed by atoms with van der Waals surface area (Å²) in [5, 5.41) is 19.6. The third-order valence-corrected chi connectivity index (χ3v) is 3.41. The predicted molar refractivity (Wildman–Crippen MR) is 73.7 cm³/mol. The third-order valence-electron chi connectivity index (χ3n) is 2.40. The molecular formula is C13H15NO5S. The van der Waals surface area contributed by atoms with Gasteiger partial charge < -0.3 is 15.5 Å². The number of carboxylic acids is 2. The van der Waals surface area contributed by atoms with Crippen molar-refractivity contribution < 1.29 is 24.6 Å². The lowest BCUT2D eigenvalue weighted by molar-refractivity contribution is -0.147. The summed E-state index contributed by atoms with van der Waals surface area (Å²) in [5.41, 5.74) is 1.10. The molecule has 7 heteroatoms. The molecule has 0 aliphatic heterocycles. The smallest absolute Gasteiger partial charge is 0.326 e. The molecule has 1 aromatic rings. The van der Waals surface area contributed by atoms with Gasteiger partial charge >= 0.3 is 11.9 Å². The van der Waals surface area contributed by atoms with Crippen molar-refractivity contribution in [1.82, 2.24) is 5.32 Å². The minimum absolute atomic E-state index is 0.0342. The van der Waals surface area contributed by atoms with Crippen LogP contribution in [0.5, 0.6) is 0 Å². The van der Waals surface area contributed by atoms with Gasteiger partial charge in [0.2, 0.25) is 5.91 Å². The first kappa shape index (κ1) is 16.0. The first-order valence-electron chi connectivity index (χ1n) is 5.82. The Morgan fingerprint density at radius 2 is 1.80 bits per heavy atom. The number of hydrogen-bond donors (Lipinski definition) is 3. The van der Waals surface area contributed by atoms with Crippen molar-refractivity contribution in [3.05, 3.63) is 29.8 Å². The molecule has 0 radical (unpaired) electrons. The summed E-state index contributed by atoms with van der Waals surface area (Å²) in [6.07, 6.45) is -0.643. The van der Waals surface area contributed by atoms with Crippen LogP contribution < -0.4 is 5.32 Å². The number of thioether (sulfide) groups is 1. The molecule has 1 amide bonds. The van der Waals surface area contributed by atoms with Crippen molar-refractivity contribution in [2.45, 2.75) is 24.3 Å². The van der Waals surface area contributed by atoms with E-state index in [-0.39, 0.29) is 5.75 Å². The van der Waals surface area contributed by atoms with Crippen LogP contribution in [0, 0.1) is 6.92 Å². The number of nitrogens with one attached hydrogen (secondary N) is 1. The van der Waals surface area contributed by atoms with E-state index in [1.54, 1.807) is 0 Å². The monoisotopic (exact) mass is 297 g/mol. The molecule has 0 aliphatic rings. The molecule has 1 aromatic carbocycles. The minimum atomic E-state index is -1.40. The fraction of sp³-hybridized carbons (Fsp3) is 0.308. The number of carbonyl (C=O) groups excluding carboxylic acids is 1. The Balaban J connectivity index is 2.47. The molecule has 0 fully saturated rings. The molecule has 3 N–H and O–H groups in total. The third kappa shape index (κ3) is 5.75. The van der Waals surface area contributed by atoms with Crippen LogP contribution in [0.1, 0.15) is 12.0 Å². The number of amides is 1. The second-order valence-electron chi connectivity index (χ2n) is 4.16. The van der Waals surface area contributed by atoms with Gasteiger partial charge in [0.1, 0.15) is 6.04 Å². The Morgan fingerprint density at radius 1 is 1.20 bits per heavy atom. The second kappa shape index (κ2) is 7.54. The van der Waals surface area contributed by atoms with Crippen molar-refractivity contribution in [3.63, 3.8) is 0 Å². The van der Waals surface area contributed by atoms with Gasteiger partial charge in [0.05, 0.1) is 12.2 Å². The summed E-state index contributed by atoms with van der Waals surface area (Å²) in [6.45, 7) is 1.95. The van der Waals surface area contributed by atoms with Gasteiger partial charge in [-0.3, -0.25) is 9.59 Å². The average Bonchev–Trinajstić information content (AvgIpc) is 2.36. The van der Waals surface area contributed by atoms with E-state index in [0.29, 0.717) is 0 Å². The number of rotatable bonds is 7. The molecule has 6 nitrogen and oxygen atoms in total. The van der Waals surface area contributed by atoms with Crippen LogP contribution >= 0.6 is 11.8 Å². The fourth-order valence-electron chi connectivity index (χ4n) is 1.39. The molecule has 1 rings (SSSR count). The van der Waals surface area contributed by atoms with E-state index in [4.69, 9.17) is 10.2 Å². The van der Waals surface area contributed by atoms with E-state index in [2.05, 4.69) is 5.32 Å². The van der Waals surface area contributed by atoms with Crippen molar-refractivity contribution in [2.75, 3.05) is 5.75 Å². The van der Waals surface area contributed by atoms with Crippen molar-refractivity contribution >= 4 is 29.6 Å². The van der Waals surface area contributed by atoms with Gasteiger partial charge in [-0.25, -0.2) is 4.79 Å². The Hall–Kier alpha value is -2.02. The quantitative estimate of drug-likeness (QED) is 0.652. The highest BCUT2D eigenvalue weighted by Crippen LogP contribution is 2.17. The first-order valence-corrected chi connectivity index (χ1v) is 6.80. The van der Waals surface area contributed by atoms with Crippen LogP contribution in [-0.2, 0) is 14.4 Å². The van der Waals surface area contributed by atoms with E-state index >= 15 is 0 Å². The van der Waals surface area contributed by atoms with Gasteiger partial charge in [0.15, 0.2) is 0 Å². The first-order chi connectivity index (χ1) is 9.38. The summed E-state index contributed by atoms with van der Waals surface area (Å²) in [5.74, 6) is -3.11. The van der Waals surface area contributed by atoms with Crippen molar-refractivity contribution in [3.8, 4) is 0 Å². The van der Waals surface area contributed by atoms with Gasteiger partial charge in [0, 0.05) is 4.90 Å². The molecule has 0 saturated carbocycles. The zero-order chi connectivity index (χ0) is 15.1. The average molecular weight is 297 g/mol. The number of hydrogen-bond acceptors (Lipinski definition) is 4. The number of aryl methyl sites for hydroxylation is 1. The van der Waals surface area contributed by atoms with Crippen LogP contribution in [0.4, 0.5) is 0 Å². The molecule has 0 spiro atoms. The van der Waals surface area contributed by atoms with Gasteiger partial charge in [-0.05, 0) is 19.1 Å². The Bertz CT molecular complexity index is 500. The summed E-state index contributed by atoms with van der Waals surface area (Å²) in [7, 11) is 0. The molecule has 0 aromatic heterocycles. The van der Waals surface area contributed by atoms with Gasteiger partial charge in [-0.15, -0.1) is 11.8 Å². The molecule has 0 aliphatic carbocycles. The van der Waals surface area contributed by atoms with Crippen LogP contribution in [0.2, 0.25) is 0 Å². The normalized spacial score (nSPS) is 11.7. The Labute approximate surface area is 120 Å². The van der Waals surface area contributed by atoms with Crippen molar-refractivity contribution in [2.24, 2.45) is 0 Å². The van der Waals surface area contributed by atoms with Crippen LogP contribution in [0.3, 0.4) is 0 Å². The highest BCUT2D eigenvalue weighted by molar-refractivity contribution is 8.00. The number of aliphatic carboxylic acids is 2. The topological polar surface area (TPSA) is 104 Å². The zero-order valence-electron chi connectivity index (χ0n) is 10.8. The minimum Gasteiger partial charge on any atom is -0.481 e. The summed E-state index contributed by atoms with van der Waals surface area (Å²) in [6, 6.07) is 6.13. The standard InChI is InChI=1S/C13H15NO5S/c1-8-2-4-9(5-3-8)20-7-11(15)14-10(13(18)19)6-12(16)17/h2-5,10H,6-7H2,1H3,(H,14,15)(H,16,17)(H,18,19). The van der Waals surface area contributed by atoms with E-state index < -0.39 is 30.3 Å². The molecule has 20 heavy (non-hydrogen) atoms. The van der Waals surface area contributed by atoms with Crippen LogP contribution in [0.15, 0.2) is 29.2 Å². The van der Waals surface area contributed by atoms with E-state index in [9.17, 15) is 14.4 Å². The summed E-state index contributed by atoms with van der Waals surface area (Å²) >= 11 is 1.26. The second-order valence-corrected chi connectivity index (χ2v) is 5.21. The van der Waals surface area contributed by atoms with Gasteiger partial charge in [0.25, 0.3) is 0 Å². The maximum absolute atomic E-state index is 11.6. The lowest BCUT2D eigenvalue weighted by Gasteiger charge is -2.12. The largest absolute Gasteiger partial charge is 0.481 e. The molecule has 1 atom stereocenters. The van der Waals surface area contributed by atoms with Crippen LogP contribution in [0.25, 0.3) is 0 Å². The predicted octanol–water partition coefficient (Wildman–Crippen LogP) is 1.13. The maximum Gasteiger partial charge on any atom is 0.326 e. The molecule has 0 heterocycles. The van der Waals surface area contributed by atoms with E-state index in [1.807, 2.05) is 31.2 Å². The molecule has 1 unspecified atom stereocenters. The van der Waals surface area contributed by atoms with E-state index in [0.717, 1.165) is 10.5 Å². The molecule has 0 saturated heterocycles. The number of benzene rings is 1. The van der Waals surface area contributed by atoms with E-state index in [1.165, 1.54) is 11.8 Å².